The quantitative estimate of drug-likeness (QED) is 0.558. The van der Waals surface area contributed by atoms with Gasteiger partial charge >= 0.3 is 0 Å². The Morgan fingerprint density at radius 1 is 0.500 bits per heavy atom. The highest BCUT2D eigenvalue weighted by Crippen LogP contribution is 2.37. The van der Waals surface area contributed by atoms with Crippen LogP contribution in [-0.4, -0.2) is 110 Å². The molecule has 3 rings (SSSR count). The van der Waals surface area contributed by atoms with Crippen LogP contribution in [0.1, 0.15) is 25.7 Å². The third kappa shape index (κ3) is 8.64. The number of hydrogen-bond acceptors (Lipinski definition) is 9. The van der Waals surface area contributed by atoms with Crippen LogP contribution in [0.3, 0.4) is 0 Å². The van der Waals surface area contributed by atoms with Gasteiger partial charge in [0.1, 0.15) is 6.10 Å². The van der Waals surface area contributed by atoms with Crippen molar-refractivity contribution in [1.82, 2.24) is 0 Å². The highest BCUT2D eigenvalue weighted by Gasteiger charge is 2.48. The summed E-state index contributed by atoms with van der Waals surface area (Å²) in [5, 5.41) is 0. The lowest BCUT2D eigenvalue weighted by molar-refractivity contribution is -0.338. The Labute approximate surface area is 179 Å². The van der Waals surface area contributed by atoms with Crippen molar-refractivity contribution in [3.05, 3.63) is 0 Å². The molecule has 9 nitrogen and oxygen atoms in total. The summed E-state index contributed by atoms with van der Waals surface area (Å²) in [7, 11) is 0. The third-order valence-corrected chi connectivity index (χ3v) is 5.36. The van der Waals surface area contributed by atoms with E-state index in [2.05, 4.69) is 0 Å². The molecule has 0 aromatic heterocycles. The molecule has 0 aliphatic carbocycles. The molecule has 0 saturated carbocycles. The highest BCUT2D eigenvalue weighted by molar-refractivity contribution is 4.90. The van der Waals surface area contributed by atoms with E-state index in [0.717, 1.165) is 25.7 Å². The van der Waals surface area contributed by atoms with Gasteiger partial charge < -0.3 is 42.6 Å². The molecule has 3 fully saturated rings. The van der Waals surface area contributed by atoms with E-state index in [4.69, 9.17) is 42.6 Å². The summed E-state index contributed by atoms with van der Waals surface area (Å²) in [6.45, 7) is 7.58. The van der Waals surface area contributed by atoms with Gasteiger partial charge in [0.15, 0.2) is 5.79 Å². The largest absolute Gasteiger partial charge is 0.377 e. The summed E-state index contributed by atoms with van der Waals surface area (Å²) < 4.78 is 52.0. The molecular formula is C21H38O9. The molecule has 3 heterocycles. The maximum absolute atomic E-state index is 6.17. The fourth-order valence-electron chi connectivity index (χ4n) is 3.79. The van der Waals surface area contributed by atoms with Gasteiger partial charge in [0.25, 0.3) is 0 Å². The van der Waals surface area contributed by atoms with Gasteiger partial charge in [0.2, 0.25) is 0 Å². The first-order valence-electron chi connectivity index (χ1n) is 11.3. The zero-order valence-electron chi connectivity index (χ0n) is 18.1. The molecule has 176 valence electrons. The first-order chi connectivity index (χ1) is 14.9. The van der Waals surface area contributed by atoms with Crippen LogP contribution in [0.15, 0.2) is 0 Å². The Balaban J connectivity index is 1.44. The number of rotatable bonds is 0. The van der Waals surface area contributed by atoms with Crippen LogP contribution in [0.4, 0.5) is 0 Å². The van der Waals surface area contributed by atoms with E-state index >= 15 is 0 Å². The minimum absolute atomic E-state index is 0.0321. The van der Waals surface area contributed by atoms with Gasteiger partial charge in [-0.05, 0) is 12.8 Å². The van der Waals surface area contributed by atoms with Crippen LogP contribution in [0.5, 0.6) is 0 Å². The molecule has 0 N–H and O–H groups in total. The van der Waals surface area contributed by atoms with Crippen molar-refractivity contribution in [3.8, 4) is 0 Å². The van der Waals surface area contributed by atoms with Crippen molar-refractivity contribution in [3.63, 3.8) is 0 Å². The van der Waals surface area contributed by atoms with Gasteiger partial charge in [-0.1, -0.05) is 0 Å². The van der Waals surface area contributed by atoms with E-state index in [-0.39, 0.29) is 12.2 Å². The first-order valence-corrected chi connectivity index (χ1v) is 11.3. The van der Waals surface area contributed by atoms with Crippen molar-refractivity contribution in [2.75, 3.05) is 92.5 Å². The molecule has 9 heteroatoms. The molecule has 30 heavy (non-hydrogen) atoms. The topological polar surface area (TPSA) is 83.1 Å². The van der Waals surface area contributed by atoms with Crippen LogP contribution in [-0.2, 0) is 42.6 Å². The third-order valence-electron chi connectivity index (χ3n) is 5.36. The van der Waals surface area contributed by atoms with E-state index in [0.29, 0.717) is 92.5 Å². The van der Waals surface area contributed by atoms with Gasteiger partial charge in [-0.15, -0.1) is 0 Å². The minimum Gasteiger partial charge on any atom is -0.377 e. The average Bonchev–Trinajstić information content (AvgIpc) is 2.77. The summed E-state index contributed by atoms with van der Waals surface area (Å²) in [5.74, 6) is -0.650. The molecule has 3 aliphatic heterocycles. The molecule has 0 aromatic carbocycles. The molecular weight excluding hydrogens is 396 g/mol. The second-order valence-corrected chi connectivity index (χ2v) is 7.58. The van der Waals surface area contributed by atoms with Crippen molar-refractivity contribution < 1.29 is 42.6 Å². The molecule has 0 unspecified atom stereocenters. The van der Waals surface area contributed by atoms with Crippen LogP contribution in [0, 0.1) is 0 Å². The molecule has 3 aliphatic rings. The van der Waals surface area contributed by atoms with E-state index in [1.54, 1.807) is 0 Å². The zero-order valence-corrected chi connectivity index (χ0v) is 18.1. The van der Waals surface area contributed by atoms with E-state index in [1.165, 1.54) is 0 Å². The van der Waals surface area contributed by atoms with Gasteiger partial charge in [0, 0.05) is 12.8 Å². The smallest absolute Gasteiger partial charge is 0.194 e. The number of hydrogen-bond donors (Lipinski definition) is 0. The summed E-state index contributed by atoms with van der Waals surface area (Å²) in [6, 6.07) is 0. The van der Waals surface area contributed by atoms with E-state index in [1.807, 2.05) is 0 Å². The lowest BCUT2D eigenvalue weighted by Crippen LogP contribution is -2.57. The average molecular weight is 435 g/mol. The Morgan fingerprint density at radius 3 is 1.57 bits per heavy atom. The summed E-state index contributed by atoms with van der Waals surface area (Å²) in [5.41, 5.74) is 0. The first kappa shape index (κ1) is 24.3. The van der Waals surface area contributed by atoms with Crippen LogP contribution < -0.4 is 0 Å². The van der Waals surface area contributed by atoms with Crippen LogP contribution in [0.2, 0.25) is 0 Å². The fourth-order valence-corrected chi connectivity index (χ4v) is 3.79. The number of ether oxygens (including phenoxy) is 9. The molecule has 3 atom stereocenters. The summed E-state index contributed by atoms with van der Waals surface area (Å²) in [6.07, 6.45) is 3.54. The Morgan fingerprint density at radius 2 is 1.03 bits per heavy atom. The van der Waals surface area contributed by atoms with Crippen molar-refractivity contribution >= 4 is 0 Å². The van der Waals surface area contributed by atoms with Gasteiger partial charge in [-0.25, -0.2) is 0 Å². The number of fused-ring (bicyclic) bond motifs is 3. The lowest BCUT2D eigenvalue weighted by Gasteiger charge is -2.47. The van der Waals surface area contributed by atoms with E-state index in [9.17, 15) is 0 Å². The summed E-state index contributed by atoms with van der Waals surface area (Å²) in [4.78, 5) is 0. The van der Waals surface area contributed by atoms with Crippen molar-refractivity contribution in [1.29, 1.82) is 0 Å². The minimum atomic E-state index is -0.650. The predicted molar refractivity (Wildman–Crippen MR) is 107 cm³/mol. The maximum Gasteiger partial charge on any atom is 0.194 e. The Bertz CT molecular complexity index is 431. The molecule has 1 spiro atoms. The molecule has 0 amide bonds. The van der Waals surface area contributed by atoms with E-state index < -0.39 is 5.79 Å². The van der Waals surface area contributed by atoms with Crippen molar-refractivity contribution in [2.24, 2.45) is 0 Å². The Kier molecular flexibility index (Phi) is 11.9. The fraction of sp³-hybridized carbons (Fsp3) is 1.00. The molecule has 3 saturated heterocycles. The molecule has 2 bridgehead atoms. The SMILES string of the molecule is C1CC[C@@]2(OC1)OC[C@@H]1C[C@H]2OCCOCCOCCOCCOCCOCCO1. The second-order valence-electron chi connectivity index (χ2n) is 7.58. The standard InChI is InChI=1S/C21H38O9/c1-2-4-29-21(3-1)20-17-19(18-30-21)27-15-13-25-11-9-23-7-5-22-6-8-24-10-12-26-14-16-28-20/h19-20H,1-18H2/t19-,20+,21+/m0/s1. The Hall–Kier alpha value is -0.360. The zero-order chi connectivity index (χ0) is 20.7. The monoisotopic (exact) mass is 434 g/mol. The van der Waals surface area contributed by atoms with Gasteiger partial charge in [-0.2, -0.15) is 0 Å². The summed E-state index contributed by atoms with van der Waals surface area (Å²) >= 11 is 0. The molecule has 0 aromatic rings. The molecule has 0 radical (unpaired) electrons. The predicted octanol–water partition coefficient (Wildman–Crippen LogP) is 1.17. The maximum atomic E-state index is 6.17. The van der Waals surface area contributed by atoms with Gasteiger partial charge in [-0.3, -0.25) is 0 Å². The normalized spacial score (nSPS) is 35.2. The van der Waals surface area contributed by atoms with Crippen LogP contribution in [0.25, 0.3) is 0 Å². The van der Waals surface area contributed by atoms with Crippen molar-refractivity contribution in [2.45, 2.75) is 43.7 Å². The second kappa shape index (κ2) is 14.7. The van der Waals surface area contributed by atoms with Gasteiger partial charge in [0.05, 0.1) is 98.6 Å². The van der Waals surface area contributed by atoms with Crippen LogP contribution >= 0.6 is 0 Å². The lowest BCUT2D eigenvalue weighted by atomic mass is 9.93. The highest BCUT2D eigenvalue weighted by atomic mass is 16.7.